The quantitative estimate of drug-likeness (QED) is 0.309. The van der Waals surface area contributed by atoms with Crippen LogP contribution >= 0.6 is 23.2 Å². The zero-order valence-corrected chi connectivity index (χ0v) is 19.0. The summed E-state index contributed by atoms with van der Waals surface area (Å²) < 4.78 is 16.7. The Morgan fingerprint density at radius 1 is 1.16 bits per heavy atom. The molecule has 0 spiro atoms. The second kappa shape index (κ2) is 10.4. The number of halogens is 2. The Balaban J connectivity index is 1.24. The first-order valence-electron chi connectivity index (χ1n) is 10.3. The SMILES string of the molecule is Cc1nc(-c2cc3c(OCC(O)CNCCCc4ccc(Cl)c(Cl)c4)cccc3o2)no1. The molecular formula is C23H23Cl2N3O4. The summed E-state index contributed by atoms with van der Waals surface area (Å²) in [6, 6.07) is 13.0. The predicted molar refractivity (Wildman–Crippen MR) is 123 cm³/mol. The second-order valence-electron chi connectivity index (χ2n) is 7.44. The van der Waals surface area contributed by atoms with Crippen LogP contribution in [0.1, 0.15) is 17.9 Å². The molecule has 0 aliphatic rings. The monoisotopic (exact) mass is 475 g/mol. The Hall–Kier alpha value is -2.58. The Morgan fingerprint density at radius 3 is 2.81 bits per heavy atom. The maximum absolute atomic E-state index is 10.3. The summed E-state index contributed by atoms with van der Waals surface area (Å²) in [5.74, 6) is 1.97. The molecule has 4 rings (SSSR count). The van der Waals surface area contributed by atoms with Gasteiger partial charge in [0.15, 0.2) is 5.76 Å². The third-order valence-corrected chi connectivity index (χ3v) is 5.62. The number of aliphatic hydroxyl groups is 1. The largest absolute Gasteiger partial charge is 0.490 e. The van der Waals surface area contributed by atoms with Crippen LogP contribution in [0.2, 0.25) is 10.0 Å². The van der Waals surface area contributed by atoms with E-state index < -0.39 is 6.10 Å². The minimum atomic E-state index is -0.651. The molecule has 0 saturated carbocycles. The number of hydrogen-bond donors (Lipinski definition) is 2. The van der Waals surface area contributed by atoms with Gasteiger partial charge in [0.25, 0.3) is 0 Å². The van der Waals surface area contributed by atoms with Gasteiger partial charge in [-0.2, -0.15) is 4.98 Å². The van der Waals surface area contributed by atoms with Crippen LogP contribution in [0.3, 0.4) is 0 Å². The Bertz CT molecular complexity index is 1190. The fraction of sp³-hybridized carbons (Fsp3) is 0.304. The lowest BCUT2D eigenvalue weighted by molar-refractivity contribution is 0.107. The molecule has 0 saturated heterocycles. The molecule has 0 aliphatic carbocycles. The molecular weight excluding hydrogens is 453 g/mol. The van der Waals surface area contributed by atoms with E-state index in [1.165, 1.54) is 0 Å². The number of aliphatic hydroxyl groups excluding tert-OH is 1. The molecule has 0 fully saturated rings. The third kappa shape index (κ3) is 5.61. The Kier molecular flexibility index (Phi) is 7.32. The van der Waals surface area contributed by atoms with E-state index in [2.05, 4.69) is 15.5 Å². The van der Waals surface area contributed by atoms with Crippen LogP contribution in [-0.4, -0.2) is 41.0 Å². The molecule has 0 radical (unpaired) electrons. The molecule has 0 amide bonds. The van der Waals surface area contributed by atoms with Crippen LogP contribution < -0.4 is 10.1 Å². The fourth-order valence-corrected chi connectivity index (χ4v) is 3.62. The van der Waals surface area contributed by atoms with Crippen LogP contribution in [0.5, 0.6) is 5.75 Å². The maximum atomic E-state index is 10.3. The van der Waals surface area contributed by atoms with Crippen LogP contribution in [0.4, 0.5) is 0 Å². The van der Waals surface area contributed by atoms with Crippen molar-refractivity contribution in [2.45, 2.75) is 25.9 Å². The smallest absolute Gasteiger partial charge is 0.238 e. The van der Waals surface area contributed by atoms with Gasteiger partial charge in [-0.3, -0.25) is 0 Å². The van der Waals surface area contributed by atoms with Gasteiger partial charge in [0.2, 0.25) is 11.7 Å². The average molecular weight is 476 g/mol. The van der Waals surface area contributed by atoms with E-state index in [0.717, 1.165) is 30.3 Å². The van der Waals surface area contributed by atoms with E-state index in [9.17, 15) is 5.11 Å². The number of nitrogens with one attached hydrogen (secondary N) is 1. The molecule has 1 unspecified atom stereocenters. The highest BCUT2D eigenvalue weighted by atomic mass is 35.5. The van der Waals surface area contributed by atoms with Gasteiger partial charge in [-0.05, 0) is 55.3 Å². The van der Waals surface area contributed by atoms with E-state index in [4.69, 9.17) is 36.9 Å². The number of hydrogen-bond acceptors (Lipinski definition) is 7. The number of fused-ring (bicyclic) bond motifs is 1. The lowest BCUT2D eigenvalue weighted by atomic mass is 10.1. The van der Waals surface area contributed by atoms with Gasteiger partial charge in [0.1, 0.15) is 24.0 Å². The van der Waals surface area contributed by atoms with E-state index in [1.54, 1.807) is 13.0 Å². The highest BCUT2D eigenvalue weighted by Gasteiger charge is 2.15. The summed E-state index contributed by atoms with van der Waals surface area (Å²) in [4.78, 5) is 4.18. The van der Waals surface area contributed by atoms with Gasteiger partial charge in [0.05, 0.1) is 15.4 Å². The molecule has 168 valence electrons. The zero-order chi connectivity index (χ0) is 22.5. The van der Waals surface area contributed by atoms with Crippen molar-refractivity contribution in [3.63, 3.8) is 0 Å². The first kappa shape index (κ1) is 22.6. The standard InChI is InChI=1S/C23H23Cl2N3O4/c1-14-27-23(28-32-14)22-11-17-20(5-2-6-21(17)31-22)30-13-16(29)12-26-9-3-4-15-7-8-18(24)19(25)10-15/h2,5-8,10-11,16,26,29H,3-4,9,12-13H2,1H3. The fourth-order valence-electron chi connectivity index (χ4n) is 3.30. The molecule has 9 heteroatoms. The molecule has 2 aromatic carbocycles. The molecule has 7 nitrogen and oxygen atoms in total. The number of rotatable bonds is 10. The van der Waals surface area contributed by atoms with Gasteiger partial charge in [-0.1, -0.05) is 40.5 Å². The highest BCUT2D eigenvalue weighted by molar-refractivity contribution is 6.42. The van der Waals surface area contributed by atoms with E-state index >= 15 is 0 Å². The number of furan rings is 1. The molecule has 1 atom stereocenters. The molecule has 2 aromatic heterocycles. The van der Waals surface area contributed by atoms with Gasteiger partial charge in [0, 0.05) is 13.5 Å². The van der Waals surface area contributed by atoms with Crippen molar-refractivity contribution in [2.75, 3.05) is 19.7 Å². The summed E-state index contributed by atoms with van der Waals surface area (Å²) >= 11 is 12.0. The van der Waals surface area contributed by atoms with Crippen molar-refractivity contribution in [3.8, 4) is 17.3 Å². The second-order valence-corrected chi connectivity index (χ2v) is 8.25. The summed E-state index contributed by atoms with van der Waals surface area (Å²) in [5, 5.41) is 19.3. The van der Waals surface area contributed by atoms with Crippen LogP contribution in [0.15, 0.2) is 51.4 Å². The van der Waals surface area contributed by atoms with E-state index in [0.29, 0.717) is 45.4 Å². The van der Waals surface area contributed by atoms with Gasteiger partial charge >= 0.3 is 0 Å². The predicted octanol–water partition coefficient (Wildman–Crippen LogP) is 5.06. The Morgan fingerprint density at radius 2 is 2.03 bits per heavy atom. The molecule has 2 N–H and O–H groups in total. The first-order chi connectivity index (χ1) is 15.5. The highest BCUT2D eigenvalue weighted by Crippen LogP contribution is 2.32. The van der Waals surface area contributed by atoms with Crippen molar-refractivity contribution < 1.29 is 18.8 Å². The van der Waals surface area contributed by atoms with Crippen molar-refractivity contribution in [3.05, 3.63) is 64.0 Å². The van der Waals surface area contributed by atoms with Crippen LogP contribution in [0.25, 0.3) is 22.6 Å². The summed E-state index contributed by atoms with van der Waals surface area (Å²) in [7, 11) is 0. The Labute approximate surface area is 195 Å². The molecule has 0 bridgehead atoms. The topological polar surface area (TPSA) is 93.6 Å². The van der Waals surface area contributed by atoms with Crippen molar-refractivity contribution in [1.29, 1.82) is 0 Å². The lowest BCUT2D eigenvalue weighted by Gasteiger charge is -2.14. The lowest BCUT2D eigenvalue weighted by Crippen LogP contribution is -2.32. The first-order valence-corrected chi connectivity index (χ1v) is 11.0. The van der Waals surface area contributed by atoms with Crippen LogP contribution in [0, 0.1) is 6.92 Å². The van der Waals surface area contributed by atoms with Crippen LogP contribution in [-0.2, 0) is 6.42 Å². The molecule has 2 heterocycles. The average Bonchev–Trinajstić information content (AvgIpc) is 3.40. The van der Waals surface area contributed by atoms with Crippen molar-refractivity contribution >= 4 is 34.2 Å². The minimum absolute atomic E-state index is 0.154. The minimum Gasteiger partial charge on any atom is -0.490 e. The number of benzene rings is 2. The maximum Gasteiger partial charge on any atom is 0.238 e. The molecule has 0 aliphatic heterocycles. The van der Waals surface area contributed by atoms with Gasteiger partial charge in [-0.25, -0.2) is 0 Å². The summed E-state index contributed by atoms with van der Waals surface area (Å²) in [5.41, 5.74) is 1.78. The van der Waals surface area contributed by atoms with Crippen molar-refractivity contribution in [1.82, 2.24) is 15.5 Å². The molecule has 4 aromatic rings. The van der Waals surface area contributed by atoms with E-state index in [1.807, 2.05) is 36.4 Å². The van der Waals surface area contributed by atoms with Gasteiger partial charge in [-0.15, -0.1) is 0 Å². The number of aryl methyl sites for hydroxylation is 2. The van der Waals surface area contributed by atoms with Gasteiger partial charge < -0.3 is 24.1 Å². The number of nitrogens with zero attached hydrogens (tertiary/aromatic N) is 2. The summed E-state index contributed by atoms with van der Waals surface area (Å²) in [6.45, 7) is 3.06. The number of aromatic nitrogens is 2. The normalized spacial score (nSPS) is 12.4. The van der Waals surface area contributed by atoms with E-state index in [-0.39, 0.29) is 6.61 Å². The summed E-state index contributed by atoms with van der Waals surface area (Å²) in [6.07, 6.45) is 1.14. The molecule has 32 heavy (non-hydrogen) atoms. The third-order valence-electron chi connectivity index (χ3n) is 4.88. The van der Waals surface area contributed by atoms with Crippen molar-refractivity contribution in [2.24, 2.45) is 0 Å². The zero-order valence-electron chi connectivity index (χ0n) is 17.5. The number of ether oxygens (including phenoxy) is 1.